The molecule has 0 unspecified atom stereocenters. The van der Waals surface area contributed by atoms with Gasteiger partial charge in [-0.15, -0.1) is 0 Å². The van der Waals surface area contributed by atoms with E-state index in [1.807, 2.05) is 13.0 Å². The van der Waals surface area contributed by atoms with E-state index in [1.54, 1.807) is 0 Å². The first-order chi connectivity index (χ1) is 6.69. The Hall–Kier alpha value is -0.670. The molecule has 0 spiro atoms. The largest absolute Gasteiger partial charge is 0.390 e. The second kappa shape index (κ2) is 5.27. The van der Waals surface area contributed by atoms with E-state index in [4.69, 9.17) is 14.7 Å². The van der Waals surface area contributed by atoms with Crippen molar-refractivity contribution in [3.8, 4) is 6.07 Å². The van der Waals surface area contributed by atoms with E-state index in [0.29, 0.717) is 6.61 Å². The SMILES string of the molecule is CCO[C@@H]1C[C@@H](O)[C@H](O)[C@@H](CC#N)O1. The third-order valence-corrected chi connectivity index (χ3v) is 2.18. The molecule has 0 aromatic heterocycles. The van der Waals surface area contributed by atoms with Crippen molar-refractivity contribution in [2.75, 3.05) is 6.61 Å². The minimum atomic E-state index is -0.994. The number of aliphatic hydroxyl groups excluding tert-OH is 2. The van der Waals surface area contributed by atoms with Crippen LogP contribution >= 0.6 is 0 Å². The molecule has 14 heavy (non-hydrogen) atoms. The van der Waals surface area contributed by atoms with Crippen LogP contribution in [-0.4, -0.2) is 41.4 Å². The number of rotatable bonds is 3. The van der Waals surface area contributed by atoms with Crippen LogP contribution in [0.3, 0.4) is 0 Å². The van der Waals surface area contributed by atoms with Crippen LogP contribution in [-0.2, 0) is 9.47 Å². The minimum Gasteiger partial charge on any atom is -0.390 e. The van der Waals surface area contributed by atoms with Gasteiger partial charge in [-0.25, -0.2) is 0 Å². The van der Waals surface area contributed by atoms with Gasteiger partial charge in [0.15, 0.2) is 6.29 Å². The van der Waals surface area contributed by atoms with E-state index in [0.717, 1.165) is 0 Å². The van der Waals surface area contributed by atoms with E-state index < -0.39 is 24.6 Å². The summed E-state index contributed by atoms with van der Waals surface area (Å²) in [4.78, 5) is 0. The topological polar surface area (TPSA) is 82.7 Å². The van der Waals surface area contributed by atoms with Gasteiger partial charge in [-0.3, -0.25) is 0 Å². The zero-order valence-electron chi connectivity index (χ0n) is 8.09. The normalized spacial score (nSPS) is 37.9. The average Bonchev–Trinajstić information content (AvgIpc) is 2.14. The van der Waals surface area contributed by atoms with Crippen molar-refractivity contribution in [1.29, 1.82) is 5.26 Å². The van der Waals surface area contributed by atoms with Crippen molar-refractivity contribution in [3.63, 3.8) is 0 Å². The van der Waals surface area contributed by atoms with E-state index in [9.17, 15) is 10.2 Å². The van der Waals surface area contributed by atoms with Crippen molar-refractivity contribution < 1.29 is 19.7 Å². The Morgan fingerprint density at radius 3 is 2.86 bits per heavy atom. The highest BCUT2D eigenvalue weighted by molar-refractivity contribution is 4.88. The van der Waals surface area contributed by atoms with E-state index in [2.05, 4.69) is 0 Å². The number of nitrogens with zero attached hydrogens (tertiary/aromatic N) is 1. The smallest absolute Gasteiger partial charge is 0.160 e. The first kappa shape index (κ1) is 11.4. The van der Waals surface area contributed by atoms with Crippen LogP contribution < -0.4 is 0 Å². The van der Waals surface area contributed by atoms with Gasteiger partial charge in [0.2, 0.25) is 0 Å². The summed E-state index contributed by atoms with van der Waals surface area (Å²) in [5.41, 5.74) is 0. The molecule has 4 atom stereocenters. The lowest BCUT2D eigenvalue weighted by Gasteiger charge is -2.35. The Balaban J connectivity index is 2.53. The molecule has 80 valence electrons. The van der Waals surface area contributed by atoms with Crippen molar-refractivity contribution in [3.05, 3.63) is 0 Å². The summed E-state index contributed by atoms with van der Waals surface area (Å²) in [6.07, 6.45) is -2.74. The van der Waals surface area contributed by atoms with Crippen LogP contribution in [0, 0.1) is 11.3 Å². The minimum absolute atomic E-state index is 0.0573. The molecule has 1 rings (SSSR count). The average molecular weight is 201 g/mol. The van der Waals surface area contributed by atoms with Gasteiger partial charge in [0.05, 0.1) is 18.6 Å². The van der Waals surface area contributed by atoms with Gasteiger partial charge in [0.25, 0.3) is 0 Å². The standard InChI is InChI=1S/C9H15NO4/c1-2-13-8-5-6(11)9(12)7(14-8)3-4-10/h6-9,11-12H,2-3,5H2,1H3/t6-,7-,8+,9+/m1/s1. The van der Waals surface area contributed by atoms with Gasteiger partial charge in [-0.05, 0) is 6.92 Å². The van der Waals surface area contributed by atoms with Crippen molar-refractivity contribution in [2.45, 2.75) is 44.4 Å². The second-order valence-electron chi connectivity index (χ2n) is 3.22. The highest BCUT2D eigenvalue weighted by Crippen LogP contribution is 2.22. The van der Waals surface area contributed by atoms with Gasteiger partial charge in [0.1, 0.15) is 12.2 Å². The maximum absolute atomic E-state index is 9.47. The number of nitriles is 1. The summed E-state index contributed by atoms with van der Waals surface area (Å²) in [5.74, 6) is 0. The zero-order chi connectivity index (χ0) is 10.6. The van der Waals surface area contributed by atoms with Crippen LogP contribution in [0.5, 0.6) is 0 Å². The number of aliphatic hydroxyl groups is 2. The zero-order valence-corrected chi connectivity index (χ0v) is 8.09. The van der Waals surface area contributed by atoms with Crippen molar-refractivity contribution >= 4 is 0 Å². The molecule has 5 nitrogen and oxygen atoms in total. The lowest BCUT2D eigenvalue weighted by molar-refractivity contribution is -0.247. The third kappa shape index (κ3) is 2.66. The van der Waals surface area contributed by atoms with Crippen LogP contribution in [0.4, 0.5) is 0 Å². The molecule has 1 aliphatic rings. The summed E-state index contributed by atoms with van der Waals surface area (Å²) in [7, 11) is 0. The third-order valence-electron chi connectivity index (χ3n) is 2.18. The molecule has 0 aromatic carbocycles. The van der Waals surface area contributed by atoms with E-state index in [1.165, 1.54) is 0 Å². The van der Waals surface area contributed by atoms with Crippen LogP contribution in [0.25, 0.3) is 0 Å². The Bertz CT molecular complexity index is 215. The Kier molecular flexibility index (Phi) is 4.29. The highest BCUT2D eigenvalue weighted by atomic mass is 16.7. The maximum atomic E-state index is 9.47. The quantitative estimate of drug-likeness (QED) is 0.659. The maximum Gasteiger partial charge on any atom is 0.160 e. The fraction of sp³-hybridized carbons (Fsp3) is 0.889. The molecule has 0 saturated carbocycles. The van der Waals surface area contributed by atoms with Crippen LogP contribution in [0.1, 0.15) is 19.8 Å². The summed E-state index contributed by atoms with van der Waals surface area (Å²) in [6, 6.07) is 1.90. The molecule has 0 amide bonds. The summed E-state index contributed by atoms with van der Waals surface area (Å²) < 4.78 is 10.5. The molecule has 0 aliphatic carbocycles. The lowest BCUT2D eigenvalue weighted by atomic mass is 10.00. The second-order valence-corrected chi connectivity index (χ2v) is 3.22. The molecule has 2 N–H and O–H groups in total. The Labute approximate surface area is 82.9 Å². The van der Waals surface area contributed by atoms with Gasteiger partial charge in [-0.1, -0.05) is 0 Å². The van der Waals surface area contributed by atoms with Gasteiger partial charge < -0.3 is 19.7 Å². The van der Waals surface area contributed by atoms with Crippen molar-refractivity contribution in [2.24, 2.45) is 0 Å². The predicted molar refractivity (Wildman–Crippen MR) is 47.1 cm³/mol. The fourth-order valence-corrected chi connectivity index (χ4v) is 1.47. The van der Waals surface area contributed by atoms with Gasteiger partial charge in [0, 0.05) is 13.0 Å². The van der Waals surface area contributed by atoms with Gasteiger partial charge >= 0.3 is 0 Å². The molecular formula is C9H15NO4. The molecular weight excluding hydrogens is 186 g/mol. The first-order valence-electron chi connectivity index (χ1n) is 4.69. The monoisotopic (exact) mass is 201 g/mol. The molecule has 1 aliphatic heterocycles. The van der Waals surface area contributed by atoms with Crippen LogP contribution in [0.15, 0.2) is 0 Å². The number of hydrogen-bond donors (Lipinski definition) is 2. The molecule has 1 heterocycles. The molecule has 0 bridgehead atoms. The Morgan fingerprint density at radius 2 is 2.29 bits per heavy atom. The molecule has 1 saturated heterocycles. The molecule has 0 radical (unpaired) electrons. The lowest BCUT2D eigenvalue weighted by Crippen LogP contribution is -2.48. The summed E-state index contributed by atoms with van der Waals surface area (Å²) in [6.45, 7) is 2.30. The summed E-state index contributed by atoms with van der Waals surface area (Å²) in [5, 5.41) is 27.4. The highest BCUT2D eigenvalue weighted by Gasteiger charge is 2.36. The molecule has 5 heteroatoms. The molecule has 1 fully saturated rings. The van der Waals surface area contributed by atoms with Gasteiger partial charge in [-0.2, -0.15) is 5.26 Å². The first-order valence-corrected chi connectivity index (χ1v) is 4.69. The predicted octanol–water partition coefficient (Wildman–Crippen LogP) is -0.227. The molecule has 0 aromatic rings. The summed E-state index contributed by atoms with van der Waals surface area (Å²) >= 11 is 0. The van der Waals surface area contributed by atoms with Crippen molar-refractivity contribution in [1.82, 2.24) is 0 Å². The van der Waals surface area contributed by atoms with E-state index in [-0.39, 0.29) is 12.8 Å². The Morgan fingerprint density at radius 1 is 1.57 bits per heavy atom. The fourth-order valence-electron chi connectivity index (χ4n) is 1.47. The number of ether oxygens (including phenoxy) is 2. The van der Waals surface area contributed by atoms with E-state index >= 15 is 0 Å². The number of hydrogen-bond acceptors (Lipinski definition) is 5. The van der Waals surface area contributed by atoms with Crippen LogP contribution in [0.2, 0.25) is 0 Å².